The molecule has 1 amide bonds. The number of hydrogen-bond donors (Lipinski definition) is 2. The van der Waals surface area contributed by atoms with Crippen molar-refractivity contribution in [3.63, 3.8) is 0 Å². The maximum Gasteiger partial charge on any atom is 0.282 e. The average molecular weight is 289 g/mol. The fourth-order valence-corrected chi connectivity index (χ4v) is 2.89. The largest absolute Gasteiger partial charge is 0.325 e. The number of benzene rings is 1. The Kier molecular flexibility index (Phi) is 5.12. The van der Waals surface area contributed by atoms with Gasteiger partial charge in [0.05, 0.1) is 18.8 Å². The smallest absolute Gasteiger partial charge is 0.282 e. The van der Waals surface area contributed by atoms with E-state index in [2.05, 4.69) is 12.2 Å². The lowest BCUT2D eigenvalue weighted by Gasteiger charge is -2.31. The van der Waals surface area contributed by atoms with Crippen LogP contribution in [-0.2, 0) is 4.79 Å². The molecular formula is C17H25N2O2+. The van der Waals surface area contributed by atoms with E-state index in [1.54, 1.807) is 12.1 Å². The molecule has 114 valence electrons. The Morgan fingerprint density at radius 1 is 1.24 bits per heavy atom. The maximum atomic E-state index is 12.4. The first-order valence-electron chi connectivity index (χ1n) is 7.74. The van der Waals surface area contributed by atoms with Crippen LogP contribution in [0.1, 0.15) is 44.0 Å². The number of rotatable bonds is 4. The summed E-state index contributed by atoms with van der Waals surface area (Å²) in [6, 6.07) is 7.10. The summed E-state index contributed by atoms with van der Waals surface area (Å²) in [6.45, 7) is 7.85. The first-order valence-corrected chi connectivity index (χ1v) is 7.74. The van der Waals surface area contributed by atoms with Crippen LogP contribution in [0.5, 0.6) is 0 Å². The highest BCUT2D eigenvalue weighted by Crippen LogP contribution is 2.15. The number of ketones is 1. The second-order valence-electron chi connectivity index (χ2n) is 6.15. The molecule has 0 spiro atoms. The van der Waals surface area contributed by atoms with E-state index in [0.29, 0.717) is 11.3 Å². The predicted octanol–water partition coefficient (Wildman–Crippen LogP) is 1.53. The Morgan fingerprint density at radius 2 is 1.86 bits per heavy atom. The van der Waals surface area contributed by atoms with Gasteiger partial charge in [0.1, 0.15) is 0 Å². The molecule has 21 heavy (non-hydrogen) atoms. The minimum Gasteiger partial charge on any atom is -0.325 e. The van der Waals surface area contributed by atoms with E-state index < -0.39 is 0 Å². The third kappa shape index (κ3) is 3.91. The molecule has 1 saturated heterocycles. The molecular weight excluding hydrogens is 264 g/mol. The van der Waals surface area contributed by atoms with Crippen LogP contribution in [0.25, 0.3) is 0 Å². The Hall–Kier alpha value is -1.68. The zero-order valence-electron chi connectivity index (χ0n) is 13.1. The van der Waals surface area contributed by atoms with Crippen LogP contribution < -0.4 is 10.2 Å². The van der Waals surface area contributed by atoms with Gasteiger partial charge in [-0.05, 0) is 44.7 Å². The molecule has 1 aliphatic heterocycles. The van der Waals surface area contributed by atoms with Crippen LogP contribution >= 0.6 is 0 Å². The Morgan fingerprint density at radius 3 is 2.48 bits per heavy atom. The normalized spacial score (nSPS) is 23.4. The quantitative estimate of drug-likeness (QED) is 0.826. The third-order valence-corrected chi connectivity index (χ3v) is 4.49. The van der Waals surface area contributed by atoms with E-state index in [9.17, 15) is 9.59 Å². The predicted molar refractivity (Wildman–Crippen MR) is 83.6 cm³/mol. The van der Waals surface area contributed by atoms with Crippen molar-refractivity contribution in [1.82, 2.24) is 0 Å². The summed E-state index contributed by atoms with van der Waals surface area (Å²) >= 11 is 0. The minimum absolute atomic E-state index is 0.00625. The molecule has 0 aromatic heterocycles. The molecule has 1 aliphatic rings. The molecule has 1 aromatic carbocycles. The lowest BCUT2D eigenvalue weighted by Crippen LogP contribution is -3.17. The molecule has 2 rings (SSSR count). The van der Waals surface area contributed by atoms with Gasteiger partial charge in [-0.1, -0.05) is 19.1 Å². The first kappa shape index (κ1) is 15.7. The van der Waals surface area contributed by atoms with Crippen molar-refractivity contribution in [3.05, 3.63) is 29.8 Å². The van der Waals surface area contributed by atoms with Gasteiger partial charge in [-0.25, -0.2) is 0 Å². The molecule has 4 nitrogen and oxygen atoms in total. The molecule has 1 heterocycles. The Bertz CT molecular complexity index is 519. The molecule has 0 aliphatic carbocycles. The lowest BCUT2D eigenvalue weighted by molar-refractivity contribution is -0.919. The standard InChI is InChI=1S/C17H24N2O2/c1-12-8-10-19(11-9-12)13(2)17(21)18-16-7-5-4-6-15(16)14(3)20/h4-7,12-13H,8-11H2,1-3H3,(H,18,21)/p+1/t13-/m0/s1. The van der Waals surface area contributed by atoms with Crippen molar-refractivity contribution in [3.8, 4) is 0 Å². The van der Waals surface area contributed by atoms with Crippen molar-refractivity contribution in [1.29, 1.82) is 0 Å². The van der Waals surface area contributed by atoms with Gasteiger partial charge >= 0.3 is 0 Å². The molecule has 0 unspecified atom stereocenters. The van der Waals surface area contributed by atoms with Gasteiger partial charge in [-0.2, -0.15) is 0 Å². The van der Waals surface area contributed by atoms with Gasteiger partial charge < -0.3 is 10.2 Å². The number of anilines is 1. The second-order valence-corrected chi connectivity index (χ2v) is 6.15. The van der Waals surface area contributed by atoms with Crippen molar-refractivity contribution in [2.75, 3.05) is 18.4 Å². The van der Waals surface area contributed by atoms with Crippen LogP contribution in [0.3, 0.4) is 0 Å². The molecule has 2 N–H and O–H groups in total. The molecule has 1 atom stereocenters. The fourth-order valence-electron chi connectivity index (χ4n) is 2.89. The van der Waals surface area contributed by atoms with Crippen molar-refractivity contribution >= 4 is 17.4 Å². The van der Waals surface area contributed by atoms with Crippen molar-refractivity contribution in [2.24, 2.45) is 5.92 Å². The number of piperidine rings is 1. The first-order chi connectivity index (χ1) is 9.99. The molecule has 0 radical (unpaired) electrons. The van der Waals surface area contributed by atoms with Crippen molar-refractivity contribution < 1.29 is 14.5 Å². The minimum atomic E-state index is -0.0856. The summed E-state index contributed by atoms with van der Waals surface area (Å²) in [7, 11) is 0. The number of quaternary nitrogens is 1. The molecule has 1 fully saturated rings. The number of amides is 1. The maximum absolute atomic E-state index is 12.4. The zero-order valence-corrected chi connectivity index (χ0v) is 13.1. The molecule has 4 heteroatoms. The summed E-state index contributed by atoms with van der Waals surface area (Å²) in [5.41, 5.74) is 1.19. The number of hydrogen-bond acceptors (Lipinski definition) is 2. The summed E-state index contributed by atoms with van der Waals surface area (Å²) < 4.78 is 0. The highest BCUT2D eigenvalue weighted by atomic mass is 16.2. The van der Waals surface area contributed by atoms with Gasteiger partial charge in [0.25, 0.3) is 5.91 Å². The van der Waals surface area contributed by atoms with E-state index in [1.807, 2.05) is 19.1 Å². The van der Waals surface area contributed by atoms with Gasteiger partial charge in [0, 0.05) is 5.56 Å². The van der Waals surface area contributed by atoms with Crippen LogP contribution in [-0.4, -0.2) is 30.8 Å². The molecule has 0 saturated carbocycles. The van der Waals surface area contributed by atoms with Gasteiger partial charge in [0.15, 0.2) is 11.8 Å². The van der Waals surface area contributed by atoms with Crippen molar-refractivity contribution in [2.45, 2.75) is 39.7 Å². The van der Waals surface area contributed by atoms with Gasteiger partial charge in [0.2, 0.25) is 0 Å². The highest BCUT2D eigenvalue weighted by Gasteiger charge is 2.29. The number of likely N-dealkylation sites (tertiary alicyclic amines) is 1. The Labute approximate surface area is 126 Å². The van der Waals surface area contributed by atoms with E-state index in [0.717, 1.165) is 19.0 Å². The summed E-state index contributed by atoms with van der Waals surface area (Å²) in [4.78, 5) is 25.4. The number of Topliss-reactive ketones (excluding diaryl/α,β-unsaturated/α-hetero) is 1. The van der Waals surface area contributed by atoms with E-state index in [4.69, 9.17) is 0 Å². The Balaban J connectivity index is 2.03. The summed E-state index contributed by atoms with van der Waals surface area (Å²) in [6.07, 6.45) is 2.36. The number of carbonyl (C=O) groups is 2. The van der Waals surface area contributed by atoms with E-state index >= 15 is 0 Å². The van der Waals surface area contributed by atoms with Gasteiger partial charge in [-0.3, -0.25) is 9.59 Å². The van der Waals surface area contributed by atoms with Crippen LogP contribution in [0.15, 0.2) is 24.3 Å². The monoisotopic (exact) mass is 289 g/mol. The van der Waals surface area contributed by atoms with Gasteiger partial charge in [-0.15, -0.1) is 0 Å². The third-order valence-electron chi connectivity index (χ3n) is 4.49. The number of nitrogens with one attached hydrogen (secondary N) is 2. The molecule has 0 bridgehead atoms. The number of para-hydroxylation sites is 1. The topological polar surface area (TPSA) is 50.6 Å². The van der Waals surface area contributed by atoms with E-state index in [1.165, 1.54) is 24.7 Å². The second kappa shape index (κ2) is 6.85. The van der Waals surface area contributed by atoms with E-state index in [-0.39, 0.29) is 17.7 Å². The SMILES string of the molecule is CC(=O)c1ccccc1NC(=O)[C@H](C)[NH+]1CCC(C)CC1. The highest BCUT2D eigenvalue weighted by molar-refractivity contribution is 6.04. The van der Waals surface area contributed by atoms with Crippen LogP contribution in [0.2, 0.25) is 0 Å². The summed E-state index contributed by atoms with van der Waals surface area (Å²) in [5.74, 6) is 0.730. The zero-order chi connectivity index (χ0) is 15.4. The van der Waals surface area contributed by atoms with Crippen LogP contribution in [0.4, 0.5) is 5.69 Å². The molecule has 1 aromatic rings. The fraction of sp³-hybridized carbons (Fsp3) is 0.529. The average Bonchev–Trinajstić information content (AvgIpc) is 2.47. The van der Waals surface area contributed by atoms with Crippen LogP contribution in [0, 0.1) is 5.92 Å². The number of carbonyl (C=O) groups excluding carboxylic acids is 2. The lowest BCUT2D eigenvalue weighted by atomic mass is 9.98. The summed E-state index contributed by atoms with van der Waals surface area (Å²) in [5, 5.41) is 2.92.